The van der Waals surface area contributed by atoms with Gasteiger partial charge >= 0.3 is 12.1 Å². The Morgan fingerprint density at radius 3 is 2.57 bits per heavy atom. The number of halogens is 4. The van der Waals surface area contributed by atoms with Gasteiger partial charge in [0.25, 0.3) is 0 Å². The molecule has 1 atom stereocenters. The van der Waals surface area contributed by atoms with Crippen molar-refractivity contribution in [2.75, 3.05) is 5.43 Å². The predicted molar refractivity (Wildman–Crippen MR) is 77.8 cm³/mol. The summed E-state index contributed by atoms with van der Waals surface area (Å²) in [4.78, 5) is 11.7. The number of hydrogen-bond donors (Lipinski definition) is 2. The maximum atomic E-state index is 12.6. The van der Waals surface area contributed by atoms with E-state index in [4.69, 9.17) is 16.3 Å². The lowest BCUT2D eigenvalue weighted by Crippen LogP contribution is -2.27. The standard InChI is InChI=1S/C15H10ClF3N2O2/c16-11-7-8(15(17,18)19)5-6-12(11)20-21-13-9-3-1-2-4-10(9)14(22)23-13/h1-7,13,20-21H. The fourth-order valence-electron chi connectivity index (χ4n) is 2.19. The summed E-state index contributed by atoms with van der Waals surface area (Å²) in [6, 6.07) is 9.73. The highest BCUT2D eigenvalue weighted by Crippen LogP contribution is 2.34. The van der Waals surface area contributed by atoms with E-state index in [1.807, 2.05) is 0 Å². The van der Waals surface area contributed by atoms with Gasteiger partial charge in [-0.3, -0.25) is 0 Å². The van der Waals surface area contributed by atoms with Gasteiger partial charge in [-0.15, -0.1) is 0 Å². The second-order valence-electron chi connectivity index (χ2n) is 4.83. The number of alkyl halides is 3. The number of fused-ring (bicyclic) bond motifs is 1. The lowest BCUT2D eigenvalue weighted by molar-refractivity contribution is -0.137. The summed E-state index contributed by atoms with van der Waals surface area (Å²) in [5.41, 5.74) is 5.86. The molecular formula is C15H10ClF3N2O2. The number of esters is 1. The van der Waals surface area contributed by atoms with Crippen molar-refractivity contribution in [2.24, 2.45) is 0 Å². The van der Waals surface area contributed by atoms with Crippen molar-refractivity contribution in [3.8, 4) is 0 Å². The highest BCUT2D eigenvalue weighted by Gasteiger charge is 2.32. The van der Waals surface area contributed by atoms with Crippen LogP contribution in [0.3, 0.4) is 0 Å². The summed E-state index contributed by atoms with van der Waals surface area (Å²) in [6.07, 6.45) is -5.22. The van der Waals surface area contributed by atoms with Crippen molar-refractivity contribution < 1.29 is 22.7 Å². The molecule has 0 fully saturated rings. The largest absolute Gasteiger partial charge is 0.437 e. The molecule has 3 rings (SSSR count). The van der Waals surface area contributed by atoms with Gasteiger partial charge in [0.2, 0.25) is 0 Å². The molecule has 0 amide bonds. The molecule has 120 valence electrons. The van der Waals surface area contributed by atoms with Crippen LogP contribution in [-0.2, 0) is 10.9 Å². The Hall–Kier alpha value is -2.25. The number of carbonyl (C=O) groups excluding carboxylic acids is 1. The molecule has 2 aromatic carbocycles. The minimum atomic E-state index is -4.46. The number of hydrogen-bond acceptors (Lipinski definition) is 4. The molecule has 23 heavy (non-hydrogen) atoms. The van der Waals surface area contributed by atoms with E-state index in [0.29, 0.717) is 11.1 Å². The molecule has 8 heteroatoms. The maximum Gasteiger partial charge on any atom is 0.416 e. The minimum Gasteiger partial charge on any atom is -0.437 e. The van der Waals surface area contributed by atoms with Gasteiger partial charge in [0.15, 0.2) is 6.23 Å². The summed E-state index contributed by atoms with van der Waals surface area (Å²) < 4.78 is 42.9. The highest BCUT2D eigenvalue weighted by molar-refractivity contribution is 6.33. The molecule has 0 bridgehead atoms. The van der Waals surface area contributed by atoms with Gasteiger partial charge in [-0.2, -0.15) is 18.6 Å². The van der Waals surface area contributed by atoms with Crippen molar-refractivity contribution >= 4 is 23.3 Å². The van der Waals surface area contributed by atoms with E-state index in [-0.39, 0.29) is 10.7 Å². The molecule has 2 N–H and O–H groups in total. The Bertz CT molecular complexity index is 765. The second kappa shape index (κ2) is 5.75. The average Bonchev–Trinajstić information content (AvgIpc) is 2.82. The normalized spacial score (nSPS) is 16.9. The van der Waals surface area contributed by atoms with Crippen LogP contribution in [0.25, 0.3) is 0 Å². The Balaban J connectivity index is 1.74. The smallest absolute Gasteiger partial charge is 0.416 e. The maximum absolute atomic E-state index is 12.6. The van der Waals surface area contributed by atoms with Crippen LogP contribution < -0.4 is 10.9 Å². The SMILES string of the molecule is O=C1OC(NNc2ccc(C(F)(F)F)cc2Cl)c2ccccc21. The topological polar surface area (TPSA) is 50.4 Å². The summed E-state index contributed by atoms with van der Waals surface area (Å²) in [6.45, 7) is 0. The van der Waals surface area contributed by atoms with Crippen LogP contribution in [0.5, 0.6) is 0 Å². The van der Waals surface area contributed by atoms with Crippen LogP contribution in [-0.4, -0.2) is 5.97 Å². The lowest BCUT2D eigenvalue weighted by Gasteiger charge is -2.16. The van der Waals surface area contributed by atoms with Crippen molar-refractivity contribution in [1.29, 1.82) is 0 Å². The number of anilines is 1. The molecular weight excluding hydrogens is 333 g/mol. The van der Waals surface area contributed by atoms with E-state index in [2.05, 4.69) is 10.9 Å². The average molecular weight is 343 g/mol. The third-order valence-electron chi connectivity index (χ3n) is 3.32. The quantitative estimate of drug-likeness (QED) is 0.650. The van der Waals surface area contributed by atoms with E-state index in [1.54, 1.807) is 24.3 Å². The van der Waals surface area contributed by atoms with E-state index in [0.717, 1.165) is 12.1 Å². The number of ether oxygens (including phenoxy) is 1. The number of hydrazine groups is 1. The van der Waals surface area contributed by atoms with Gasteiger partial charge in [0.05, 0.1) is 21.8 Å². The van der Waals surface area contributed by atoms with Gasteiger partial charge in [-0.05, 0) is 24.3 Å². The first-order chi connectivity index (χ1) is 10.9. The van der Waals surface area contributed by atoms with Crippen molar-refractivity contribution in [2.45, 2.75) is 12.4 Å². The zero-order valence-electron chi connectivity index (χ0n) is 11.4. The number of cyclic esters (lactones) is 1. The van der Waals surface area contributed by atoms with Crippen molar-refractivity contribution in [1.82, 2.24) is 5.43 Å². The van der Waals surface area contributed by atoms with Crippen LogP contribution >= 0.6 is 11.6 Å². The van der Waals surface area contributed by atoms with Crippen LogP contribution in [0.4, 0.5) is 18.9 Å². The number of benzene rings is 2. The van der Waals surface area contributed by atoms with Crippen LogP contribution in [0, 0.1) is 0 Å². The van der Waals surface area contributed by atoms with Crippen LogP contribution in [0.1, 0.15) is 27.7 Å². The summed E-state index contributed by atoms with van der Waals surface area (Å²) >= 11 is 5.84. The predicted octanol–water partition coefficient (Wildman–Crippen LogP) is 4.14. The molecule has 1 unspecified atom stereocenters. The highest BCUT2D eigenvalue weighted by atomic mass is 35.5. The van der Waals surface area contributed by atoms with Gasteiger partial charge in [-0.25, -0.2) is 4.79 Å². The first-order valence-corrected chi connectivity index (χ1v) is 6.92. The molecule has 0 spiro atoms. The fraction of sp³-hybridized carbons (Fsp3) is 0.133. The number of carbonyl (C=O) groups is 1. The molecule has 0 radical (unpaired) electrons. The minimum absolute atomic E-state index is 0.107. The Morgan fingerprint density at radius 2 is 1.87 bits per heavy atom. The zero-order valence-corrected chi connectivity index (χ0v) is 12.2. The molecule has 0 saturated carbocycles. The van der Waals surface area contributed by atoms with Gasteiger partial charge in [-0.1, -0.05) is 29.8 Å². The molecule has 1 aliphatic heterocycles. The monoisotopic (exact) mass is 342 g/mol. The first-order valence-electron chi connectivity index (χ1n) is 6.54. The van der Waals surface area contributed by atoms with Crippen LogP contribution in [0.15, 0.2) is 42.5 Å². The van der Waals surface area contributed by atoms with E-state index in [1.165, 1.54) is 6.07 Å². The fourth-order valence-corrected chi connectivity index (χ4v) is 2.42. The lowest BCUT2D eigenvalue weighted by atomic mass is 10.1. The molecule has 1 aliphatic rings. The Kier molecular flexibility index (Phi) is 3.91. The van der Waals surface area contributed by atoms with E-state index in [9.17, 15) is 18.0 Å². The summed E-state index contributed by atoms with van der Waals surface area (Å²) in [7, 11) is 0. The summed E-state index contributed by atoms with van der Waals surface area (Å²) in [5, 5.41) is -0.107. The van der Waals surface area contributed by atoms with Crippen molar-refractivity contribution in [3.63, 3.8) is 0 Å². The van der Waals surface area contributed by atoms with E-state index >= 15 is 0 Å². The van der Waals surface area contributed by atoms with Gasteiger partial charge in [0, 0.05) is 5.56 Å². The third-order valence-corrected chi connectivity index (χ3v) is 3.64. The Labute approximate surface area is 134 Å². The van der Waals surface area contributed by atoms with Crippen molar-refractivity contribution in [3.05, 3.63) is 64.2 Å². The third kappa shape index (κ3) is 3.11. The van der Waals surface area contributed by atoms with Gasteiger partial charge < -0.3 is 10.2 Å². The molecule has 1 heterocycles. The molecule has 2 aromatic rings. The Morgan fingerprint density at radius 1 is 1.13 bits per heavy atom. The molecule has 0 saturated heterocycles. The molecule has 0 aliphatic carbocycles. The van der Waals surface area contributed by atoms with Gasteiger partial charge in [0.1, 0.15) is 0 Å². The number of nitrogens with one attached hydrogen (secondary N) is 2. The molecule has 0 aromatic heterocycles. The zero-order chi connectivity index (χ0) is 16.6. The second-order valence-corrected chi connectivity index (χ2v) is 5.24. The number of rotatable bonds is 3. The first kappa shape index (κ1) is 15.6. The van der Waals surface area contributed by atoms with Crippen LogP contribution in [0.2, 0.25) is 5.02 Å². The summed E-state index contributed by atoms with van der Waals surface area (Å²) in [5.74, 6) is -0.474. The molecule has 4 nitrogen and oxygen atoms in total. The van der Waals surface area contributed by atoms with E-state index < -0.39 is 23.9 Å².